The first-order valence-electron chi connectivity index (χ1n) is 7.32. The van der Waals surface area contributed by atoms with Crippen molar-refractivity contribution in [3.05, 3.63) is 23.8 Å². The predicted octanol–water partition coefficient (Wildman–Crippen LogP) is 3.50. The summed E-state index contributed by atoms with van der Waals surface area (Å²) < 4.78 is 11.3. The minimum absolute atomic E-state index is 0.106. The van der Waals surface area contributed by atoms with Crippen LogP contribution < -0.4 is 9.47 Å². The second-order valence-electron chi connectivity index (χ2n) is 5.08. The van der Waals surface area contributed by atoms with Crippen molar-refractivity contribution in [2.45, 2.75) is 51.6 Å². The van der Waals surface area contributed by atoms with E-state index in [1.54, 1.807) is 0 Å². The number of aliphatic hydroxyl groups excluding tert-OH is 1. The summed E-state index contributed by atoms with van der Waals surface area (Å²) in [5.41, 5.74) is 1.30. The molecule has 3 nitrogen and oxygen atoms in total. The number of aliphatic hydroxyl groups is 1. The van der Waals surface area contributed by atoms with Gasteiger partial charge in [0, 0.05) is 0 Å². The number of benzene rings is 1. The van der Waals surface area contributed by atoms with Crippen LogP contribution >= 0.6 is 0 Å². The van der Waals surface area contributed by atoms with Crippen molar-refractivity contribution in [1.82, 2.24) is 0 Å². The van der Waals surface area contributed by atoms with E-state index in [0.717, 1.165) is 37.2 Å². The van der Waals surface area contributed by atoms with Gasteiger partial charge in [-0.05, 0) is 63.1 Å². The van der Waals surface area contributed by atoms with Crippen LogP contribution in [0.3, 0.4) is 0 Å². The van der Waals surface area contributed by atoms with Crippen LogP contribution in [0, 0.1) is 0 Å². The zero-order valence-corrected chi connectivity index (χ0v) is 11.9. The molecule has 0 spiro atoms. The molecule has 1 aromatic rings. The zero-order valence-electron chi connectivity index (χ0n) is 11.9. The van der Waals surface area contributed by atoms with Gasteiger partial charge in [-0.3, -0.25) is 0 Å². The largest absolute Gasteiger partial charge is 0.490 e. The molecule has 3 heteroatoms. The highest BCUT2D eigenvalue weighted by molar-refractivity contribution is 5.44. The van der Waals surface area contributed by atoms with Crippen LogP contribution in [0.2, 0.25) is 0 Å². The van der Waals surface area contributed by atoms with Crippen molar-refractivity contribution in [3.63, 3.8) is 0 Å². The Morgan fingerprint density at radius 1 is 1.00 bits per heavy atom. The molecule has 1 aliphatic rings. The molecule has 0 amide bonds. The minimum Gasteiger partial charge on any atom is -0.490 e. The highest BCUT2D eigenvalue weighted by atomic mass is 16.5. The van der Waals surface area contributed by atoms with E-state index >= 15 is 0 Å². The predicted molar refractivity (Wildman–Crippen MR) is 76.0 cm³/mol. The molecule has 0 aliphatic heterocycles. The standard InChI is InChI=1S/C16H24O3/c1-3-18-15-10-7-13(11-16(15)19-4-2)12-5-8-14(17)9-6-12/h7,10-12,14,17H,3-6,8-9H2,1-2H3. The topological polar surface area (TPSA) is 38.7 Å². The Kier molecular flexibility index (Phi) is 5.08. The molecule has 0 atom stereocenters. The Hall–Kier alpha value is -1.22. The SMILES string of the molecule is CCOc1ccc(C2CCC(O)CC2)cc1OCC. The Morgan fingerprint density at radius 2 is 1.63 bits per heavy atom. The molecule has 0 radical (unpaired) electrons. The van der Waals surface area contributed by atoms with Crippen LogP contribution in [0.15, 0.2) is 18.2 Å². The zero-order chi connectivity index (χ0) is 13.7. The summed E-state index contributed by atoms with van der Waals surface area (Å²) in [5.74, 6) is 2.20. The van der Waals surface area contributed by atoms with Crippen LogP contribution in [0.4, 0.5) is 0 Å². The molecule has 0 saturated heterocycles. The van der Waals surface area contributed by atoms with E-state index in [1.165, 1.54) is 5.56 Å². The minimum atomic E-state index is -0.106. The second-order valence-corrected chi connectivity index (χ2v) is 5.08. The molecule has 106 valence electrons. The summed E-state index contributed by atoms with van der Waals surface area (Å²) in [6, 6.07) is 6.25. The highest BCUT2D eigenvalue weighted by Crippen LogP contribution is 2.37. The van der Waals surface area contributed by atoms with Gasteiger partial charge in [0.25, 0.3) is 0 Å². The van der Waals surface area contributed by atoms with E-state index in [1.807, 2.05) is 19.9 Å². The fourth-order valence-corrected chi connectivity index (χ4v) is 2.73. The molecule has 0 unspecified atom stereocenters. The van der Waals surface area contributed by atoms with E-state index < -0.39 is 0 Å². The van der Waals surface area contributed by atoms with E-state index in [9.17, 15) is 5.11 Å². The summed E-state index contributed by atoms with van der Waals surface area (Å²) in [6.07, 6.45) is 3.82. The van der Waals surface area contributed by atoms with Crippen molar-refractivity contribution < 1.29 is 14.6 Å². The molecule has 19 heavy (non-hydrogen) atoms. The fourth-order valence-electron chi connectivity index (χ4n) is 2.73. The van der Waals surface area contributed by atoms with Gasteiger partial charge in [-0.1, -0.05) is 6.07 Å². The molecule has 1 saturated carbocycles. The molecule has 2 rings (SSSR count). The Morgan fingerprint density at radius 3 is 2.26 bits per heavy atom. The van der Waals surface area contributed by atoms with Crippen molar-refractivity contribution in [2.75, 3.05) is 13.2 Å². The molecule has 1 aliphatic carbocycles. The van der Waals surface area contributed by atoms with Gasteiger partial charge in [-0.25, -0.2) is 0 Å². The highest BCUT2D eigenvalue weighted by Gasteiger charge is 2.21. The van der Waals surface area contributed by atoms with E-state index in [-0.39, 0.29) is 6.10 Å². The number of rotatable bonds is 5. The van der Waals surface area contributed by atoms with Crippen molar-refractivity contribution in [3.8, 4) is 11.5 Å². The van der Waals surface area contributed by atoms with E-state index in [2.05, 4.69) is 12.1 Å². The maximum absolute atomic E-state index is 9.58. The molecular formula is C16H24O3. The Balaban J connectivity index is 2.15. The molecule has 1 aromatic carbocycles. The number of hydrogen-bond donors (Lipinski definition) is 1. The third kappa shape index (κ3) is 3.63. The lowest BCUT2D eigenvalue weighted by Gasteiger charge is -2.26. The number of ether oxygens (including phenoxy) is 2. The molecule has 1 N–H and O–H groups in total. The maximum Gasteiger partial charge on any atom is 0.161 e. The van der Waals surface area contributed by atoms with Crippen molar-refractivity contribution >= 4 is 0 Å². The van der Waals surface area contributed by atoms with Gasteiger partial charge in [0.1, 0.15) is 0 Å². The molecular weight excluding hydrogens is 240 g/mol. The smallest absolute Gasteiger partial charge is 0.161 e. The van der Waals surface area contributed by atoms with Crippen LogP contribution in [0.25, 0.3) is 0 Å². The lowest BCUT2D eigenvalue weighted by molar-refractivity contribution is 0.122. The number of hydrogen-bond acceptors (Lipinski definition) is 3. The summed E-state index contributed by atoms with van der Waals surface area (Å²) >= 11 is 0. The van der Waals surface area contributed by atoms with Crippen molar-refractivity contribution in [2.24, 2.45) is 0 Å². The van der Waals surface area contributed by atoms with Crippen LogP contribution in [0.1, 0.15) is 51.0 Å². The van der Waals surface area contributed by atoms with Gasteiger partial charge < -0.3 is 14.6 Å². The van der Waals surface area contributed by atoms with E-state index in [0.29, 0.717) is 19.1 Å². The maximum atomic E-state index is 9.58. The quantitative estimate of drug-likeness (QED) is 0.884. The van der Waals surface area contributed by atoms with Gasteiger partial charge in [-0.2, -0.15) is 0 Å². The average Bonchev–Trinajstić information content (AvgIpc) is 2.42. The van der Waals surface area contributed by atoms with Crippen LogP contribution in [0.5, 0.6) is 11.5 Å². The van der Waals surface area contributed by atoms with Gasteiger partial charge in [-0.15, -0.1) is 0 Å². The Labute approximate surface area is 115 Å². The van der Waals surface area contributed by atoms with Gasteiger partial charge in [0.15, 0.2) is 11.5 Å². The summed E-state index contributed by atoms with van der Waals surface area (Å²) in [6.45, 7) is 5.26. The first-order chi connectivity index (χ1) is 9.24. The Bertz CT molecular complexity index is 395. The first kappa shape index (κ1) is 14.2. The van der Waals surface area contributed by atoms with E-state index in [4.69, 9.17) is 9.47 Å². The normalized spacial score (nSPS) is 23.1. The van der Waals surface area contributed by atoms with Gasteiger partial charge >= 0.3 is 0 Å². The molecule has 1 fully saturated rings. The van der Waals surface area contributed by atoms with Crippen LogP contribution in [-0.2, 0) is 0 Å². The second kappa shape index (κ2) is 6.80. The first-order valence-corrected chi connectivity index (χ1v) is 7.32. The fraction of sp³-hybridized carbons (Fsp3) is 0.625. The van der Waals surface area contributed by atoms with Gasteiger partial charge in [0.2, 0.25) is 0 Å². The average molecular weight is 264 g/mol. The molecule has 0 bridgehead atoms. The van der Waals surface area contributed by atoms with Crippen LogP contribution in [-0.4, -0.2) is 24.4 Å². The third-order valence-corrected chi connectivity index (χ3v) is 3.74. The van der Waals surface area contributed by atoms with Gasteiger partial charge in [0.05, 0.1) is 19.3 Å². The lowest BCUT2D eigenvalue weighted by atomic mass is 9.83. The monoisotopic (exact) mass is 264 g/mol. The van der Waals surface area contributed by atoms with Crippen molar-refractivity contribution in [1.29, 1.82) is 0 Å². The summed E-state index contributed by atoms with van der Waals surface area (Å²) in [7, 11) is 0. The summed E-state index contributed by atoms with van der Waals surface area (Å²) in [5, 5.41) is 9.58. The molecule has 0 heterocycles. The molecule has 0 aromatic heterocycles. The lowest BCUT2D eigenvalue weighted by Crippen LogP contribution is -2.17. The third-order valence-electron chi connectivity index (χ3n) is 3.74. The summed E-state index contributed by atoms with van der Waals surface area (Å²) in [4.78, 5) is 0.